The number of hydrogen-bond acceptors (Lipinski definition) is 3. The van der Waals surface area contributed by atoms with E-state index in [4.69, 9.17) is 9.47 Å². The van der Waals surface area contributed by atoms with Gasteiger partial charge in [0.25, 0.3) is 0 Å². The number of carbonyl (C=O) groups is 1. The maximum atomic E-state index is 13.0. The van der Waals surface area contributed by atoms with Crippen LogP contribution >= 0.6 is 63.7 Å². The fourth-order valence-electron chi connectivity index (χ4n) is 3.32. The Kier molecular flexibility index (Phi) is 5.03. The third kappa shape index (κ3) is 1.71. The summed E-state index contributed by atoms with van der Waals surface area (Å²) in [7, 11) is 3.13. The normalized spacial score (nSPS) is 39.0. The summed E-state index contributed by atoms with van der Waals surface area (Å²) in [6.45, 7) is 2.11. The fraction of sp³-hybridized carbons (Fsp3) is 0.769. The molecule has 3 nitrogen and oxygen atoms in total. The summed E-state index contributed by atoms with van der Waals surface area (Å²) < 4.78 is 11.3. The summed E-state index contributed by atoms with van der Waals surface area (Å²) in [5.41, 5.74) is 0. The predicted molar refractivity (Wildman–Crippen MR) is 93.0 cm³/mol. The highest BCUT2D eigenvalue weighted by Gasteiger charge is 2.83. The molecule has 0 amide bonds. The van der Waals surface area contributed by atoms with Crippen LogP contribution in [0.5, 0.6) is 0 Å². The molecule has 1 saturated carbocycles. The van der Waals surface area contributed by atoms with Crippen molar-refractivity contribution in [2.75, 3.05) is 14.2 Å². The van der Waals surface area contributed by atoms with Gasteiger partial charge in [0.2, 0.25) is 5.79 Å². The summed E-state index contributed by atoms with van der Waals surface area (Å²) in [6, 6.07) is 0. The number of carbonyl (C=O) groups excluding carboxylic acids is 1. The van der Waals surface area contributed by atoms with Gasteiger partial charge in [-0.3, -0.25) is 4.79 Å². The first-order valence-corrected chi connectivity index (χ1v) is 9.55. The van der Waals surface area contributed by atoms with Crippen molar-refractivity contribution < 1.29 is 14.3 Å². The van der Waals surface area contributed by atoms with Gasteiger partial charge in [-0.15, -0.1) is 0 Å². The molecule has 2 aliphatic carbocycles. The monoisotopic (exact) mass is 536 g/mol. The van der Waals surface area contributed by atoms with E-state index in [0.717, 1.165) is 28.2 Å². The van der Waals surface area contributed by atoms with E-state index >= 15 is 0 Å². The number of hydrogen-bond donors (Lipinski definition) is 0. The topological polar surface area (TPSA) is 35.5 Å². The average molecular weight is 540 g/mol. The van der Waals surface area contributed by atoms with Crippen LogP contribution in [-0.4, -0.2) is 34.4 Å². The van der Waals surface area contributed by atoms with Gasteiger partial charge in [-0.2, -0.15) is 0 Å². The van der Waals surface area contributed by atoms with Gasteiger partial charge in [0.15, 0.2) is 10.1 Å². The van der Waals surface area contributed by atoms with Crippen LogP contribution in [0.15, 0.2) is 8.96 Å². The molecule has 0 spiro atoms. The maximum Gasteiger partial charge on any atom is 0.216 e. The van der Waals surface area contributed by atoms with Crippen LogP contribution in [0.2, 0.25) is 0 Å². The summed E-state index contributed by atoms with van der Waals surface area (Å²) >= 11 is 14.5. The van der Waals surface area contributed by atoms with E-state index in [1.165, 1.54) is 0 Å². The lowest BCUT2D eigenvalue weighted by Crippen LogP contribution is -2.57. The van der Waals surface area contributed by atoms with Crippen molar-refractivity contribution in [3.8, 4) is 0 Å². The molecule has 2 aliphatic rings. The lowest BCUT2D eigenvalue weighted by atomic mass is 9.87. The Labute approximate surface area is 152 Å². The number of unbranched alkanes of at least 4 members (excludes halogenated alkanes) is 1. The highest BCUT2D eigenvalue weighted by atomic mass is 79.9. The van der Waals surface area contributed by atoms with Crippen LogP contribution in [0.25, 0.3) is 0 Å². The second kappa shape index (κ2) is 5.71. The molecule has 0 saturated heterocycles. The van der Waals surface area contributed by atoms with Crippen molar-refractivity contribution in [2.45, 2.75) is 40.6 Å². The molecule has 2 rings (SSSR count). The summed E-state index contributed by atoms with van der Waals surface area (Å²) in [5, 5.41) is 0. The zero-order valence-electron chi connectivity index (χ0n) is 11.4. The number of ketones is 1. The van der Waals surface area contributed by atoms with Crippen LogP contribution in [-0.2, 0) is 14.3 Å². The third-order valence-corrected chi connectivity index (χ3v) is 10.7. The van der Waals surface area contributed by atoms with Crippen molar-refractivity contribution in [1.82, 2.24) is 0 Å². The number of fused-ring (bicyclic) bond motifs is 2. The van der Waals surface area contributed by atoms with Gasteiger partial charge in [0.1, 0.15) is 4.32 Å². The quantitative estimate of drug-likeness (QED) is 0.377. The first-order chi connectivity index (χ1) is 9.29. The Balaban J connectivity index is 2.64. The van der Waals surface area contributed by atoms with Crippen molar-refractivity contribution in [2.24, 2.45) is 5.92 Å². The molecular weight excluding hydrogens is 524 g/mol. The number of rotatable bonds is 5. The van der Waals surface area contributed by atoms with E-state index < -0.39 is 14.4 Å². The standard InChI is InChI=1S/C13H16Br4O3/c1-4-5-6-7-10(18)12(17)9(15)8(14)11(7,16)13(12,19-2)20-3/h7H,4-6H2,1-3H3/t7-,11-,12-/m1/s1. The minimum Gasteiger partial charge on any atom is -0.350 e. The first kappa shape index (κ1) is 17.6. The molecule has 20 heavy (non-hydrogen) atoms. The van der Waals surface area contributed by atoms with E-state index in [2.05, 4.69) is 70.6 Å². The summed E-state index contributed by atoms with van der Waals surface area (Å²) in [6.07, 6.45) is 2.81. The van der Waals surface area contributed by atoms with Crippen LogP contribution in [0, 0.1) is 5.92 Å². The molecule has 0 aliphatic heterocycles. The van der Waals surface area contributed by atoms with Crippen LogP contribution in [0.1, 0.15) is 26.2 Å². The highest BCUT2D eigenvalue weighted by molar-refractivity contribution is 9.16. The average Bonchev–Trinajstić information content (AvgIpc) is 2.67. The number of Topliss-reactive ketones (excluding diaryl/α,β-unsaturated/α-hetero) is 1. The fourth-order valence-corrected chi connectivity index (χ4v) is 8.09. The molecular formula is C13H16Br4O3. The molecule has 0 unspecified atom stereocenters. The number of halogens is 4. The molecule has 0 radical (unpaired) electrons. The lowest BCUT2D eigenvalue weighted by molar-refractivity contribution is -0.212. The Hall–Kier alpha value is 1.25. The van der Waals surface area contributed by atoms with Gasteiger partial charge in [-0.05, 0) is 6.42 Å². The second-order valence-corrected chi connectivity index (χ2v) is 9.11. The molecule has 0 aromatic rings. The van der Waals surface area contributed by atoms with Gasteiger partial charge < -0.3 is 9.47 Å². The molecule has 1 fully saturated rings. The van der Waals surface area contributed by atoms with Gasteiger partial charge in [-0.1, -0.05) is 83.5 Å². The number of alkyl halides is 2. The van der Waals surface area contributed by atoms with E-state index in [9.17, 15) is 4.79 Å². The van der Waals surface area contributed by atoms with Gasteiger partial charge in [0, 0.05) is 29.1 Å². The Morgan fingerprint density at radius 1 is 1.15 bits per heavy atom. The van der Waals surface area contributed by atoms with E-state index in [0.29, 0.717) is 0 Å². The largest absolute Gasteiger partial charge is 0.350 e. The summed E-state index contributed by atoms with van der Waals surface area (Å²) in [4.78, 5) is 13.0. The molecule has 7 heteroatoms. The predicted octanol–water partition coefficient (Wildman–Crippen LogP) is 4.65. The SMILES string of the molecule is CCCC[C@@H]1C(=O)[C@]2(Br)C(Br)=C(Br)[C@@]1(Br)C2(OC)OC. The van der Waals surface area contributed by atoms with Crippen molar-refractivity contribution in [3.05, 3.63) is 8.96 Å². The number of ether oxygens (including phenoxy) is 2. The van der Waals surface area contributed by atoms with Crippen LogP contribution < -0.4 is 0 Å². The minimum absolute atomic E-state index is 0.0848. The van der Waals surface area contributed by atoms with Crippen LogP contribution in [0.3, 0.4) is 0 Å². The van der Waals surface area contributed by atoms with Gasteiger partial charge in [-0.25, -0.2) is 0 Å². The third-order valence-electron chi connectivity index (χ3n) is 4.30. The molecule has 3 atom stereocenters. The van der Waals surface area contributed by atoms with Crippen LogP contribution in [0.4, 0.5) is 0 Å². The Bertz CT molecular complexity index is 474. The maximum absolute atomic E-state index is 13.0. The molecule has 114 valence electrons. The molecule has 0 aromatic heterocycles. The first-order valence-electron chi connectivity index (χ1n) is 6.38. The van der Waals surface area contributed by atoms with Gasteiger partial charge in [0.05, 0.1) is 0 Å². The Morgan fingerprint density at radius 3 is 2.10 bits per heavy atom. The molecule has 0 aromatic carbocycles. The van der Waals surface area contributed by atoms with E-state index in [-0.39, 0.29) is 11.7 Å². The number of methoxy groups -OCH3 is 2. The molecule has 2 bridgehead atoms. The van der Waals surface area contributed by atoms with E-state index in [1.54, 1.807) is 14.2 Å². The lowest BCUT2D eigenvalue weighted by Gasteiger charge is -2.41. The second-order valence-electron chi connectivity index (χ2n) is 5.08. The minimum atomic E-state index is -1.12. The molecule has 0 N–H and O–H groups in total. The summed E-state index contributed by atoms with van der Waals surface area (Å²) in [5.74, 6) is -1.24. The highest BCUT2D eigenvalue weighted by Crippen LogP contribution is 2.72. The zero-order chi connectivity index (χ0) is 15.3. The zero-order valence-corrected chi connectivity index (χ0v) is 17.8. The smallest absolute Gasteiger partial charge is 0.216 e. The van der Waals surface area contributed by atoms with E-state index in [1.807, 2.05) is 0 Å². The van der Waals surface area contributed by atoms with Crippen molar-refractivity contribution >= 4 is 69.5 Å². The van der Waals surface area contributed by atoms with Crippen molar-refractivity contribution in [1.29, 1.82) is 0 Å². The van der Waals surface area contributed by atoms with Gasteiger partial charge >= 0.3 is 0 Å². The van der Waals surface area contributed by atoms with Crippen molar-refractivity contribution in [3.63, 3.8) is 0 Å². The Morgan fingerprint density at radius 2 is 1.70 bits per heavy atom. The molecule has 0 heterocycles.